The summed E-state index contributed by atoms with van der Waals surface area (Å²) >= 11 is 0. The summed E-state index contributed by atoms with van der Waals surface area (Å²) in [7, 11) is 1.54. The molecule has 0 radical (unpaired) electrons. The highest BCUT2D eigenvalue weighted by Gasteiger charge is 2.25. The Morgan fingerprint density at radius 2 is 1.94 bits per heavy atom. The van der Waals surface area contributed by atoms with Crippen LogP contribution in [0.2, 0.25) is 0 Å². The van der Waals surface area contributed by atoms with E-state index in [1.807, 2.05) is 18.2 Å². The molecule has 0 aliphatic rings. The monoisotopic (exact) mass is 233 g/mol. The van der Waals surface area contributed by atoms with Crippen molar-refractivity contribution in [2.75, 3.05) is 20.2 Å². The van der Waals surface area contributed by atoms with Gasteiger partial charge in [0.05, 0.1) is 13.7 Å². The lowest BCUT2D eigenvalue weighted by Crippen LogP contribution is -2.30. The molecule has 1 aromatic rings. The van der Waals surface area contributed by atoms with Crippen molar-refractivity contribution < 1.29 is 17.9 Å². The largest absolute Gasteiger partial charge is 0.496 e. The third kappa shape index (κ3) is 4.53. The number of hydrogen-bond acceptors (Lipinski definition) is 2. The van der Waals surface area contributed by atoms with Crippen molar-refractivity contribution in [3.05, 3.63) is 29.8 Å². The third-order valence-electron chi connectivity index (χ3n) is 2.09. The van der Waals surface area contributed by atoms with Gasteiger partial charge in [-0.25, -0.2) is 0 Å². The Hall–Kier alpha value is -1.23. The summed E-state index contributed by atoms with van der Waals surface area (Å²) < 4.78 is 40.6. The molecule has 0 saturated heterocycles. The second kappa shape index (κ2) is 5.75. The molecule has 16 heavy (non-hydrogen) atoms. The van der Waals surface area contributed by atoms with Gasteiger partial charge in [-0.1, -0.05) is 18.2 Å². The molecular weight excluding hydrogens is 219 g/mol. The van der Waals surface area contributed by atoms with Crippen LogP contribution in [-0.2, 0) is 6.42 Å². The van der Waals surface area contributed by atoms with Crippen molar-refractivity contribution in [1.82, 2.24) is 5.32 Å². The van der Waals surface area contributed by atoms with Gasteiger partial charge in [-0.05, 0) is 24.6 Å². The Bertz CT molecular complexity index is 325. The summed E-state index contributed by atoms with van der Waals surface area (Å²) in [5.41, 5.74) is 0.902. The molecule has 0 atom stereocenters. The molecule has 1 rings (SSSR count). The molecule has 2 nitrogen and oxygen atoms in total. The number of nitrogens with one attached hydrogen (secondary N) is 1. The van der Waals surface area contributed by atoms with Crippen molar-refractivity contribution in [1.29, 1.82) is 0 Å². The van der Waals surface area contributed by atoms with E-state index in [0.717, 1.165) is 5.56 Å². The molecule has 0 saturated carbocycles. The molecule has 90 valence electrons. The lowest BCUT2D eigenvalue weighted by atomic mass is 10.1. The smallest absolute Gasteiger partial charge is 0.401 e. The summed E-state index contributed by atoms with van der Waals surface area (Å²) in [6.45, 7) is -0.679. The van der Waals surface area contributed by atoms with Crippen LogP contribution in [0.5, 0.6) is 5.75 Å². The standard InChI is InChI=1S/C11H14F3NO/c1-16-10-5-3-2-4-9(10)6-7-15-8-11(12,13)14/h2-5,15H,6-8H2,1H3. The fraction of sp³-hybridized carbons (Fsp3) is 0.455. The van der Waals surface area contributed by atoms with Crippen LogP contribution < -0.4 is 10.1 Å². The molecule has 5 heteroatoms. The highest BCUT2D eigenvalue weighted by atomic mass is 19.4. The maximum Gasteiger partial charge on any atom is 0.401 e. The average molecular weight is 233 g/mol. The number of alkyl halides is 3. The van der Waals surface area contributed by atoms with Gasteiger partial charge in [-0.2, -0.15) is 13.2 Å². The van der Waals surface area contributed by atoms with E-state index < -0.39 is 12.7 Å². The molecule has 1 N–H and O–H groups in total. The predicted molar refractivity (Wildman–Crippen MR) is 55.6 cm³/mol. The zero-order valence-electron chi connectivity index (χ0n) is 8.97. The second-order valence-electron chi connectivity index (χ2n) is 3.35. The Labute approximate surface area is 92.4 Å². The molecule has 0 fully saturated rings. The van der Waals surface area contributed by atoms with Crippen LogP contribution in [0.4, 0.5) is 13.2 Å². The Balaban J connectivity index is 2.37. The third-order valence-corrected chi connectivity index (χ3v) is 2.09. The zero-order chi connectivity index (χ0) is 12.0. The van der Waals surface area contributed by atoms with Gasteiger partial charge in [-0.15, -0.1) is 0 Å². The number of hydrogen-bond donors (Lipinski definition) is 1. The molecule has 0 aliphatic carbocycles. The van der Waals surface area contributed by atoms with Crippen molar-refractivity contribution >= 4 is 0 Å². The SMILES string of the molecule is COc1ccccc1CCNCC(F)(F)F. The molecule has 0 spiro atoms. The van der Waals surface area contributed by atoms with E-state index >= 15 is 0 Å². The number of methoxy groups -OCH3 is 1. The second-order valence-corrected chi connectivity index (χ2v) is 3.35. The van der Waals surface area contributed by atoms with E-state index in [4.69, 9.17) is 4.74 Å². The first kappa shape index (κ1) is 12.8. The molecule has 0 unspecified atom stereocenters. The molecule has 0 bridgehead atoms. The van der Waals surface area contributed by atoms with Gasteiger partial charge in [0.25, 0.3) is 0 Å². The van der Waals surface area contributed by atoms with Gasteiger partial charge in [-0.3, -0.25) is 0 Å². The fourth-order valence-corrected chi connectivity index (χ4v) is 1.36. The van der Waals surface area contributed by atoms with Crippen LogP contribution in [0, 0.1) is 0 Å². The number of ether oxygens (including phenoxy) is 1. The van der Waals surface area contributed by atoms with E-state index in [2.05, 4.69) is 5.32 Å². The van der Waals surface area contributed by atoms with Crippen molar-refractivity contribution in [3.63, 3.8) is 0 Å². The Morgan fingerprint density at radius 3 is 2.56 bits per heavy atom. The van der Waals surface area contributed by atoms with Gasteiger partial charge >= 0.3 is 6.18 Å². The summed E-state index contributed by atoms with van der Waals surface area (Å²) in [6.07, 6.45) is -3.64. The zero-order valence-corrected chi connectivity index (χ0v) is 8.97. The molecule has 1 aromatic carbocycles. The van der Waals surface area contributed by atoms with Crippen molar-refractivity contribution in [2.24, 2.45) is 0 Å². The first-order chi connectivity index (χ1) is 7.53. The van der Waals surface area contributed by atoms with Gasteiger partial charge in [0.2, 0.25) is 0 Å². The van der Waals surface area contributed by atoms with Gasteiger partial charge in [0.1, 0.15) is 5.75 Å². The van der Waals surface area contributed by atoms with E-state index in [1.165, 1.54) is 0 Å². The summed E-state index contributed by atoms with van der Waals surface area (Å²) in [5, 5.41) is 2.34. The van der Waals surface area contributed by atoms with Crippen LogP contribution in [-0.4, -0.2) is 26.4 Å². The number of halogens is 3. The molecular formula is C11H14F3NO. The minimum Gasteiger partial charge on any atom is -0.496 e. The van der Waals surface area contributed by atoms with Crippen molar-refractivity contribution in [2.45, 2.75) is 12.6 Å². The molecule has 0 aromatic heterocycles. The van der Waals surface area contributed by atoms with E-state index in [0.29, 0.717) is 12.2 Å². The number of rotatable bonds is 5. The quantitative estimate of drug-likeness (QED) is 0.788. The van der Waals surface area contributed by atoms with Crippen molar-refractivity contribution in [3.8, 4) is 5.75 Å². The van der Waals surface area contributed by atoms with Gasteiger partial charge in [0, 0.05) is 0 Å². The summed E-state index contributed by atoms with van der Waals surface area (Å²) in [5.74, 6) is 0.705. The van der Waals surface area contributed by atoms with Crippen LogP contribution in [0.1, 0.15) is 5.56 Å². The van der Waals surface area contributed by atoms with Crippen LogP contribution in [0.3, 0.4) is 0 Å². The number of para-hydroxylation sites is 1. The minimum atomic E-state index is -4.15. The van der Waals surface area contributed by atoms with E-state index in [-0.39, 0.29) is 6.54 Å². The van der Waals surface area contributed by atoms with Crippen LogP contribution in [0.25, 0.3) is 0 Å². The lowest BCUT2D eigenvalue weighted by Gasteiger charge is -2.10. The van der Waals surface area contributed by atoms with E-state index in [1.54, 1.807) is 13.2 Å². The number of benzene rings is 1. The summed E-state index contributed by atoms with van der Waals surface area (Å²) in [6, 6.07) is 7.29. The first-order valence-corrected chi connectivity index (χ1v) is 4.92. The summed E-state index contributed by atoms with van der Waals surface area (Å²) in [4.78, 5) is 0. The first-order valence-electron chi connectivity index (χ1n) is 4.92. The van der Waals surface area contributed by atoms with E-state index in [9.17, 15) is 13.2 Å². The Kier molecular flexibility index (Phi) is 4.61. The highest BCUT2D eigenvalue weighted by molar-refractivity contribution is 5.33. The maximum atomic E-state index is 11.8. The van der Waals surface area contributed by atoms with Gasteiger partial charge < -0.3 is 10.1 Å². The highest BCUT2D eigenvalue weighted by Crippen LogP contribution is 2.17. The minimum absolute atomic E-state index is 0.278. The van der Waals surface area contributed by atoms with Gasteiger partial charge in [0.15, 0.2) is 0 Å². The van der Waals surface area contributed by atoms with Crippen LogP contribution in [0.15, 0.2) is 24.3 Å². The average Bonchev–Trinajstić information content (AvgIpc) is 2.23. The van der Waals surface area contributed by atoms with Crippen LogP contribution >= 0.6 is 0 Å². The predicted octanol–water partition coefficient (Wildman–Crippen LogP) is 2.39. The fourth-order valence-electron chi connectivity index (χ4n) is 1.36. The maximum absolute atomic E-state index is 11.8. The molecule has 0 heterocycles. The topological polar surface area (TPSA) is 21.3 Å². The normalized spacial score (nSPS) is 11.5. The lowest BCUT2D eigenvalue weighted by molar-refractivity contribution is -0.124. The molecule has 0 amide bonds. The molecule has 0 aliphatic heterocycles. The Morgan fingerprint density at radius 1 is 1.25 bits per heavy atom.